The Morgan fingerprint density at radius 2 is 2.16 bits per heavy atom. The molecule has 5 heteroatoms. The number of methoxy groups -OCH3 is 1. The van der Waals surface area contributed by atoms with Crippen LogP contribution in [0.15, 0.2) is 18.2 Å². The van der Waals surface area contributed by atoms with Crippen molar-refractivity contribution >= 4 is 5.97 Å². The van der Waals surface area contributed by atoms with Crippen molar-refractivity contribution in [3.05, 3.63) is 29.6 Å². The molecular weight excluding hydrogens is 249 g/mol. The molecule has 0 radical (unpaired) electrons. The molecule has 1 unspecified atom stereocenters. The number of halogens is 1. The number of hydrogen-bond acceptors (Lipinski definition) is 3. The van der Waals surface area contributed by atoms with Crippen molar-refractivity contribution in [2.24, 2.45) is 5.92 Å². The summed E-state index contributed by atoms with van der Waals surface area (Å²) in [6.45, 7) is 6.00. The molecule has 0 aliphatic carbocycles. The molecular formula is C14H20FNO3. The first-order chi connectivity index (χ1) is 8.81. The molecule has 0 bridgehead atoms. The largest absolute Gasteiger partial charge is 0.494 e. The number of carboxylic acid groups (broad SMARTS) is 1. The Labute approximate surface area is 112 Å². The van der Waals surface area contributed by atoms with Gasteiger partial charge in [0.05, 0.1) is 7.11 Å². The van der Waals surface area contributed by atoms with E-state index in [-0.39, 0.29) is 5.75 Å². The van der Waals surface area contributed by atoms with Gasteiger partial charge >= 0.3 is 5.97 Å². The topological polar surface area (TPSA) is 58.6 Å². The van der Waals surface area contributed by atoms with Crippen LogP contribution in [0.3, 0.4) is 0 Å². The van der Waals surface area contributed by atoms with Crippen molar-refractivity contribution in [2.45, 2.75) is 26.3 Å². The molecule has 1 aromatic rings. The molecule has 0 aliphatic rings. The highest BCUT2D eigenvalue weighted by atomic mass is 19.1. The molecule has 1 atom stereocenters. The maximum Gasteiger partial charge on any atom is 0.328 e. The number of aliphatic carboxylic acids is 1. The molecule has 0 aromatic heterocycles. The Kier molecular flexibility index (Phi) is 4.89. The SMILES string of the molecule is COc1ccc(C(C)(NCC(C)C)C(=O)O)cc1F. The fraction of sp³-hybridized carbons (Fsp3) is 0.500. The summed E-state index contributed by atoms with van der Waals surface area (Å²) in [6, 6.07) is 4.19. The predicted molar refractivity (Wildman–Crippen MR) is 70.8 cm³/mol. The Morgan fingerprint density at radius 3 is 2.58 bits per heavy atom. The maximum absolute atomic E-state index is 13.7. The van der Waals surface area contributed by atoms with Gasteiger partial charge in [-0.1, -0.05) is 19.9 Å². The quantitative estimate of drug-likeness (QED) is 0.832. The highest BCUT2D eigenvalue weighted by Gasteiger charge is 2.35. The lowest BCUT2D eigenvalue weighted by Crippen LogP contribution is -2.48. The minimum absolute atomic E-state index is 0.0975. The van der Waals surface area contributed by atoms with E-state index in [9.17, 15) is 14.3 Å². The van der Waals surface area contributed by atoms with Crippen LogP contribution in [0.1, 0.15) is 26.3 Å². The fourth-order valence-corrected chi connectivity index (χ4v) is 1.69. The van der Waals surface area contributed by atoms with E-state index in [1.807, 2.05) is 13.8 Å². The first-order valence-electron chi connectivity index (χ1n) is 6.13. The zero-order valence-electron chi connectivity index (χ0n) is 11.7. The Balaban J connectivity index is 3.11. The van der Waals surface area contributed by atoms with Crippen LogP contribution in [-0.2, 0) is 10.3 Å². The van der Waals surface area contributed by atoms with Crippen LogP contribution in [-0.4, -0.2) is 24.7 Å². The highest BCUT2D eigenvalue weighted by molar-refractivity contribution is 5.80. The third kappa shape index (κ3) is 3.44. The first kappa shape index (κ1) is 15.4. The van der Waals surface area contributed by atoms with Gasteiger partial charge < -0.3 is 9.84 Å². The molecule has 0 saturated carbocycles. The van der Waals surface area contributed by atoms with Gasteiger partial charge in [0.15, 0.2) is 11.6 Å². The average Bonchev–Trinajstić information content (AvgIpc) is 2.35. The average molecular weight is 269 g/mol. The summed E-state index contributed by atoms with van der Waals surface area (Å²) >= 11 is 0. The van der Waals surface area contributed by atoms with Crippen LogP contribution >= 0.6 is 0 Å². The number of carbonyl (C=O) groups is 1. The van der Waals surface area contributed by atoms with E-state index >= 15 is 0 Å². The number of hydrogen-bond donors (Lipinski definition) is 2. The predicted octanol–water partition coefficient (Wildman–Crippen LogP) is 2.38. The number of ether oxygens (including phenoxy) is 1. The Hall–Kier alpha value is -1.62. The van der Waals surface area contributed by atoms with Crippen molar-refractivity contribution in [3.63, 3.8) is 0 Å². The molecule has 1 rings (SSSR count). The smallest absolute Gasteiger partial charge is 0.328 e. The minimum Gasteiger partial charge on any atom is -0.494 e. The first-order valence-corrected chi connectivity index (χ1v) is 6.13. The molecule has 0 spiro atoms. The third-order valence-corrected chi connectivity index (χ3v) is 3.02. The van der Waals surface area contributed by atoms with Crippen molar-refractivity contribution in [1.82, 2.24) is 5.32 Å². The summed E-state index contributed by atoms with van der Waals surface area (Å²) in [4.78, 5) is 11.5. The van der Waals surface area contributed by atoms with Crippen LogP contribution in [0.25, 0.3) is 0 Å². The number of benzene rings is 1. The molecule has 19 heavy (non-hydrogen) atoms. The zero-order valence-corrected chi connectivity index (χ0v) is 11.7. The van der Waals surface area contributed by atoms with Gasteiger partial charge in [-0.3, -0.25) is 5.32 Å². The fourth-order valence-electron chi connectivity index (χ4n) is 1.69. The van der Waals surface area contributed by atoms with Crippen LogP contribution in [0, 0.1) is 11.7 Å². The van der Waals surface area contributed by atoms with Gasteiger partial charge in [-0.2, -0.15) is 0 Å². The van der Waals surface area contributed by atoms with E-state index in [0.29, 0.717) is 18.0 Å². The summed E-state index contributed by atoms with van der Waals surface area (Å²) in [6.07, 6.45) is 0. The third-order valence-electron chi connectivity index (χ3n) is 3.02. The number of carboxylic acids is 1. The van der Waals surface area contributed by atoms with Gasteiger partial charge in [-0.15, -0.1) is 0 Å². The Morgan fingerprint density at radius 1 is 1.53 bits per heavy atom. The van der Waals surface area contributed by atoms with Crippen LogP contribution in [0.2, 0.25) is 0 Å². The number of nitrogens with one attached hydrogen (secondary N) is 1. The van der Waals surface area contributed by atoms with E-state index in [1.54, 1.807) is 6.07 Å². The molecule has 0 saturated heterocycles. The maximum atomic E-state index is 13.7. The Bertz CT molecular complexity index is 462. The molecule has 0 amide bonds. The van der Waals surface area contributed by atoms with Gasteiger partial charge in [-0.05, 0) is 37.1 Å². The summed E-state index contributed by atoms with van der Waals surface area (Å²) < 4.78 is 18.5. The van der Waals surface area contributed by atoms with Crippen molar-refractivity contribution in [3.8, 4) is 5.75 Å². The second-order valence-corrected chi connectivity index (χ2v) is 5.05. The summed E-state index contributed by atoms with van der Waals surface area (Å²) in [7, 11) is 1.37. The summed E-state index contributed by atoms with van der Waals surface area (Å²) in [5.74, 6) is -1.22. The van der Waals surface area contributed by atoms with Crippen LogP contribution in [0.5, 0.6) is 5.75 Å². The summed E-state index contributed by atoms with van der Waals surface area (Å²) in [5, 5.41) is 12.4. The normalized spacial score (nSPS) is 14.2. The van der Waals surface area contributed by atoms with Crippen LogP contribution in [0.4, 0.5) is 4.39 Å². The molecule has 2 N–H and O–H groups in total. The second kappa shape index (κ2) is 6.02. The van der Waals surface area contributed by atoms with Gasteiger partial charge in [0, 0.05) is 0 Å². The number of rotatable bonds is 6. The summed E-state index contributed by atoms with van der Waals surface area (Å²) in [5.41, 5.74) is -0.962. The van der Waals surface area contributed by atoms with E-state index in [0.717, 1.165) is 0 Å². The zero-order chi connectivity index (χ0) is 14.6. The van der Waals surface area contributed by atoms with E-state index in [1.165, 1.54) is 26.2 Å². The minimum atomic E-state index is -1.32. The monoisotopic (exact) mass is 269 g/mol. The molecule has 106 valence electrons. The van der Waals surface area contributed by atoms with Crippen molar-refractivity contribution < 1.29 is 19.0 Å². The van der Waals surface area contributed by atoms with Gasteiger partial charge in [0.25, 0.3) is 0 Å². The second-order valence-electron chi connectivity index (χ2n) is 5.05. The van der Waals surface area contributed by atoms with Crippen LogP contribution < -0.4 is 10.1 Å². The lowest BCUT2D eigenvalue weighted by atomic mass is 9.91. The lowest BCUT2D eigenvalue weighted by molar-refractivity contribution is -0.144. The molecule has 0 heterocycles. The molecule has 0 aliphatic heterocycles. The lowest BCUT2D eigenvalue weighted by Gasteiger charge is -2.28. The molecule has 0 fully saturated rings. The van der Waals surface area contributed by atoms with Gasteiger partial charge in [-0.25, -0.2) is 9.18 Å². The van der Waals surface area contributed by atoms with E-state index < -0.39 is 17.3 Å². The van der Waals surface area contributed by atoms with Crippen molar-refractivity contribution in [2.75, 3.05) is 13.7 Å². The van der Waals surface area contributed by atoms with E-state index in [4.69, 9.17) is 4.74 Å². The van der Waals surface area contributed by atoms with Crippen molar-refractivity contribution in [1.29, 1.82) is 0 Å². The standard InChI is InChI=1S/C14H20FNO3/c1-9(2)8-16-14(3,13(17)18)10-5-6-12(19-4)11(15)7-10/h5-7,9,16H,8H2,1-4H3,(H,17,18). The van der Waals surface area contributed by atoms with Gasteiger partial charge in [0.1, 0.15) is 5.54 Å². The molecule has 4 nitrogen and oxygen atoms in total. The molecule has 1 aromatic carbocycles. The van der Waals surface area contributed by atoms with Gasteiger partial charge in [0.2, 0.25) is 0 Å². The highest BCUT2D eigenvalue weighted by Crippen LogP contribution is 2.26. The van der Waals surface area contributed by atoms with E-state index in [2.05, 4.69) is 5.32 Å².